The number of nitrogens with one attached hydrogen (secondary N) is 2. The van der Waals surface area contributed by atoms with Crippen LogP contribution in [-0.4, -0.2) is 125 Å². The van der Waals surface area contributed by atoms with Gasteiger partial charge in [0.15, 0.2) is 18.6 Å². The molecule has 0 spiro atoms. The van der Waals surface area contributed by atoms with Crippen LogP contribution in [0.3, 0.4) is 0 Å². The molecule has 2 fully saturated rings. The number of aromatic amines is 1. The second-order valence-electron chi connectivity index (χ2n) is 13.4. The van der Waals surface area contributed by atoms with E-state index in [1.165, 1.54) is 25.7 Å². The highest BCUT2D eigenvalue weighted by Crippen LogP contribution is 2.61. The number of aromatic nitrogens is 2. The van der Waals surface area contributed by atoms with Crippen molar-refractivity contribution >= 4 is 27.5 Å². The lowest BCUT2D eigenvalue weighted by molar-refractivity contribution is -0.253. The molecule has 2 aliphatic heterocycles. The molecule has 24 heteroatoms. The van der Waals surface area contributed by atoms with Gasteiger partial charge in [0.25, 0.3) is 5.56 Å². The average molecular weight is 834 g/mol. The quantitative estimate of drug-likeness (QED) is 0.0384. The minimum atomic E-state index is -5.78. The second kappa shape index (κ2) is 21.9. The number of aliphatic hydroxyl groups is 5. The summed E-state index contributed by atoms with van der Waals surface area (Å²) in [5, 5.41) is 54.0. The first-order valence-corrected chi connectivity index (χ1v) is 21.0. The van der Waals surface area contributed by atoms with Crippen molar-refractivity contribution in [1.29, 1.82) is 0 Å². The Morgan fingerprint density at radius 2 is 1.58 bits per heavy atom. The first kappa shape index (κ1) is 47.0. The predicted octanol–water partition coefficient (Wildman–Crippen LogP) is -0.427. The van der Waals surface area contributed by atoms with Crippen LogP contribution in [0.25, 0.3) is 0 Å². The van der Waals surface area contributed by atoms with Crippen LogP contribution in [0.2, 0.25) is 0 Å². The Morgan fingerprint density at radius 3 is 2.18 bits per heavy atom. The third-order valence-electron chi connectivity index (χ3n) is 8.84. The fourth-order valence-corrected chi connectivity index (χ4v) is 8.23. The van der Waals surface area contributed by atoms with Gasteiger partial charge in [-0.25, -0.2) is 13.9 Å². The summed E-state index contributed by atoms with van der Waals surface area (Å²) in [5.74, 6) is -1.88. The Labute approximate surface area is 315 Å². The summed E-state index contributed by atoms with van der Waals surface area (Å²) >= 11 is 0. The summed E-state index contributed by atoms with van der Waals surface area (Å²) in [6, 6.07) is -0.858. The Morgan fingerprint density at radius 1 is 0.945 bits per heavy atom. The number of esters is 1. The molecule has 55 heavy (non-hydrogen) atoms. The molecule has 316 valence electrons. The number of phosphoric acid groups is 2. The van der Waals surface area contributed by atoms with Crippen LogP contribution in [0.1, 0.15) is 90.7 Å². The van der Waals surface area contributed by atoms with Gasteiger partial charge in [-0.05, 0) is 6.42 Å². The number of nitrogens with zero attached hydrogens (tertiary/aromatic N) is 1. The zero-order valence-corrected chi connectivity index (χ0v) is 32.3. The van der Waals surface area contributed by atoms with Gasteiger partial charge in [0, 0.05) is 19.2 Å². The molecule has 12 atom stereocenters. The van der Waals surface area contributed by atoms with Crippen molar-refractivity contribution in [2.45, 2.75) is 146 Å². The third kappa shape index (κ3) is 14.8. The predicted molar refractivity (Wildman–Crippen MR) is 187 cm³/mol. The van der Waals surface area contributed by atoms with E-state index in [-0.39, 0.29) is 6.42 Å². The largest absolute Gasteiger partial charge is 0.483 e. The minimum absolute atomic E-state index is 0.276. The summed E-state index contributed by atoms with van der Waals surface area (Å²) in [5.41, 5.74) is -1.78. The summed E-state index contributed by atoms with van der Waals surface area (Å²) in [7, 11) is -11.4. The van der Waals surface area contributed by atoms with E-state index in [2.05, 4.69) is 21.1 Å². The smallest absolute Gasteiger partial charge is 0.457 e. The first-order chi connectivity index (χ1) is 25.9. The lowest BCUT2D eigenvalue weighted by Gasteiger charge is -2.43. The number of aliphatic hydroxyl groups excluding tert-OH is 5. The summed E-state index contributed by atoms with van der Waals surface area (Å²) < 4.78 is 56.3. The Hall–Kier alpha value is -2.40. The number of ether oxygens (including phenoxy) is 3. The Balaban J connectivity index is 1.60. The Kier molecular flexibility index (Phi) is 18.7. The van der Waals surface area contributed by atoms with Gasteiger partial charge in [-0.3, -0.25) is 33.0 Å². The topological polar surface area (TPSA) is 332 Å². The van der Waals surface area contributed by atoms with Crippen molar-refractivity contribution in [3.8, 4) is 0 Å². The van der Waals surface area contributed by atoms with E-state index in [0.717, 1.165) is 49.4 Å². The van der Waals surface area contributed by atoms with Crippen molar-refractivity contribution in [2.24, 2.45) is 0 Å². The SMILES string of the molecule is CCCCCCCCCCC[C@@H](O)CC(=O)O[C@@H]1C(NC(C)=O)[C@@H](OP(=O)(O)OP(=O)(O)OC[C@H]2O[C@@H](n3ccc(=O)[nH]c3=O)[C@@H](O)C2O)OC(CO)[C@H]1O. The molecule has 1 aromatic heterocycles. The lowest BCUT2D eigenvalue weighted by Crippen LogP contribution is -2.65. The fourth-order valence-electron chi connectivity index (χ4n) is 6.07. The highest BCUT2D eigenvalue weighted by atomic mass is 31.3. The van der Waals surface area contributed by atoms with Crippen LogP contribution in [0.15, 0.2) is 21.9 Å². The molecule has 2 aliphatic rings. The molecular formula is C31H53N3O19P2. The molecule has 9 N–H and O–H groups in total. The number of amides is 1. The molecule has 0 saturated carbocycles. The normalized spacial score (nSPS) is 29.6. The summed E-state index contributed by atoms with van der Waals surface area (Å²) in [6.45, 7) is 1.10. The number of unbranched alkanes of at least 4 members (excludes halogenated alkanes) is 8. The zero-order valence-electron chi connectivity index (χ0n) is 30.5. The van der Waals surface area contributed by atoms with Crippen LogP contribution < -0.4 is 16.6 Å². The maximum atomic E-state index is 13.0. The maximum absolute atomic E-state index is 13.0. The number of hydrogen-bond donors (Lipinski definition) is 9. The van der Waals surface area contributed by atoms with E-state index in [9.17, 15) is 63.6 Å². The first-order valence-electron chi connectivity index (χ1n) is 18.0. The number of phosphoric ester groups is 2. The van der Waals surface area contributed by atoms with Crippen LogP contribution >= 0.6 is 15.6 Å². The van der Waals surface area contributed by atoms with Crippen LogP contribution in [-0.2, 0) is 46.3 Å². The highest BCUT2D eigenvalue weighted by Gasteiger charge is 2.52. The molecule has 5 unspecified atom stereocenters. The van der Waals surface area contributed by atoms with E-state index in [1.54, 1.807) is 0 Å². The summed E-state index contributed by atoms with van der Waals surface area (Å²) in [6.07, 6.45) is -5.37. The van der Waals surface area contributed by atoms with Gasteiger partial charge in [-0.15, -0.1) is 0 Å². The van der Waals surface area contributed by atoms with Gasteiger partial charge in [-0.2, -0.15) is 4.31 Å². The summed E-state index contributed by atoms with van der Waals surface area (Å²) in [4.78, 5) is 71.0. The van der Waals surface area contributed by atoms with Gasteiger partial charge in [0.2, 0.25) is 5.91 Å². The molecule has 1 amide bonds. The average Bonchev–Trinajstić information content (AvgIpc) is 3.37. The number of rotatable bonds is 23. The molecule has 0 aromatic carbocycles. The van der Waals surface area contributed by atoms with E-state index in [1.807, 2.05) is 4.98 Å². The number of hydrogen-bond acceptors (Lipinski definition) is 17. The van der Waals surface area contributed by atoms with Crippen molar-refractivity contribution in [1.82, 2.24) is 14.9 Å². The maximum Gasteiger partial charge on any atom is 0.483 e. The standard InChI is InChI=1S/C31H53N3O19P2/c1-3-4-5-6-7-8-9-10-11-12-19(37)15-23(39)51-28-24(32-18(2)36)30(50-20(16-35)26(28)41)52-55(46,47)53-54(44,45)48-17-21-25(40)27(42)29(49-21)34-14-13-22(38)33-31(34)43/h13-14,19-21,24-30,35,37,40-42H,3-12,15-17H2,1-2H3,(H,32,36)(H,44,45)(H,46,47)(H,33,38,43)/t19-,20?,21-,24?,25?,26-,27+,28-,29-,30-/m1/s1. The zero-order chi connectivity index (χ0) is 40.9. The molecule has 2 saturated heterocycles. The van der Waals surface area contributed by atoms with Crippen LogP contribution in [0.4, 0.5) is 0 Å². The van der Waals surface area contributed by atoms with E-state index in [0.29, 0.717) is 6.42 Å². The van der Waals surface area contributed by atoms with Gasteiger partial charge in [-0.1, -0.05) is 64.7 Å². The number of carbonyl (C=O) groups excluding carboxylic acids is 2. The van der Waals surface area contributed by atoms with Gasteiger partial charge < -0.3 is 54.8 Å². The molecule has 22 nitrogen and oxygen atoms in total. The molecule has 3 heterocycles. The van der Waals surface area contributed by atoms with E-state index < -0.39 is 120 Å². The van der Waals surface area contributed by atoms with Crippen molar-refractivity contribution in [2.75, 3.05) is 13.2 Å². The number of carbonyl (C=O) groups is 2. The molecule has 0 bridgehead atoms. The number of H-pyrrole nitrogens is 1. The van der Waals surface area contributed by atoms with Crippen LogP contribution in [0, 0.1) is 0 Å². The lowest BCUT2D eigenvalue weighted by atomic mass is 9.96. The van der Waals surface area contributed by atoms with Gasteiger partial charge >= 0.3 is 27.3 Å². The monoisotopic (exact) mass is 833 g/mol. The molecule has 0 radical (unpaired) electrons. The van der Waals surface area contributed by atoms with Crippen molar-refractivity contribution < 1.29 is 81.6 Å². The highest BCUT2D eigenvalue weighted by molar-refractivity contribution is 7.61. The third-order valence-corrected chi connectivity index (χ3v) is 11.4. The van der Waals surface area contributed by atoms with Gasteiger partial charge in [0.05, 0.1) is 25.7 Å². The Bertz CT molecular complexity index is 1590. The minimum Gasteiger partial charge on any atom is -0.457 e. The molecule has 1 aromatic rings. The molecule has 3 rings (SSSR count). The second-order valence-corrected chi connectivity index (χ2v) is 16.4. The van der Waals surface area contributed by atoms with Crippen molar-refractivity contribution in [3.05, 3.63) is 33.1 Å². The molecule has 0 aliphatic carbocycles. The van der Waals surface area contributed by atoms with E-state index in [4.69, 9.17) is 18.7 Å². The van der Waals surface area contributed by atoms with E-state index >= 15 is 0 Å². The molecular weight excluding hydrogens is 780 g/mol. The van der Waals surface area contributed by atoms with Crippen LogP contribution in [0.5, 0.6) is 0 Å². The fraction of sp³-hybridized carbons (Fsp3) is 0.806. The van der Waals surface area contributed by atoms with Gasteiger partial charge in [0.1, 0.15) is 36.6 Å². The van der Waals surface area contributed by atoms with Crippen molar-refractivity contribution in [3.63, 3.8) is 0 Å².